The van der Waals surface area contributed by atoms with Gasteiger partial charge in [0.15, 0.2) is 0 Å². The van der Waals surface area contributed by atoms with Crippen LogP contribution in [-0.2, 0) is 6.42 Å². The van der Waals surface area contributed by atoms with E-state index in [4.69, 9.17) is 18.9 Å². The molecule has 126 valence electrons. The number of ether oxygens (including phenoxy) is 1. The summed E-state index contributed by atoms with van der Waals surface area (Å²) in [5.41, 5.74) is -0.102. The zero-order chi connectivity index (χ0) is 17.4. The molecule has 8 heteroatoms. The van der Waals surface area contributed by atoms with Crippen molar-refractivity contribution in [2.75, 3.05) is 6.61 Å². The van der Waals surface area contributed by atoms with E-state index in [2.05, 4.69) is 11.1 Å². The number of hydrogen-bond donors (Lipinski definition) is 0. The monoisotopic (exact) mass is 339 g/mol. The van der Waals surface area contributed by atoms with E-state index in [-0.39, 0.29) is 11.8 Å². The highest BCUT2D eigenvalue weighted by Gasteiger charge is 2.28. The molecule has 1 aliphatic rings. The molecule has 1 atom stereocenters. The second-order valence-corrected chi connectivity index (χ2v) is 5.83. The number of imidazole rings is 1. The molecule has 0 aliphatic heterocycles. The number of fused-ring (bicyclic) bond motifs is 3. The molecule has 0 fully saturated rings. The molecule has 0 saturated heterocycles. The van der Waals surface area contributed by atoms with E-state index in [1.807, 2.05) is 0 Å². The Kier molecular flexibility index (Phi) is 3.61. The Labute approximate surface area is 140 Å². The van der Waals surface area contributed by atoms with Crippen molar-refractivity contribution in [1.82, 2.24) is 9.56 Å². The fraction of sp³-hybridized carbons (Fsp3) is 0.294. The van der Waals surface area contributed by atoms with Crippen LogP contribution >= 0.6 is 0 Å². The van der Waals surface area contributed by atoms with Crippen molar-refractivity contribution in [2.45, 2.75) is 25.2 Å². The van der Waals surface area contributed by atoms with Crippen LogP contribution in [0.25, 0.3) is 5.84 Å². The van der Waals surface area contributed by atoms with E-state index in [1.165, 1.54) is 4.57 Å². The standard InChI is InChI=1S/C17H13N3O5/c18-8-10-4-6-12(7-5-10)23-9-11-2-1-3-13-14(11)19-17-20(13)25-16(22)15(21)24-17/h4-7,11H,1-3,9H2. The van der Waals surface area contributed by atoms with E-state index in [0.29, 0.717) is 24.3 Å². The Hall–Kier alpha value is -3.34. The average Bonchev–Trinajstić information content (AvgIpc) is 2.99. The van der Waals surface area contributed by atoms with E-state index in [9.17, 15) is 9.59 Å². The normalized spacial score (nSPS) is 16.4. The van der Waals surface area contributed by atoms with Crippen molar-refractivity contribution in [2.24, 2.45) is 0 Å². The summed E-state index contributed by atoms with van der Waals surface area (Å²) in [4.78, 5) is 27.0. The maximum atomic E-state index is 11.4. The minimum Gasteiger partial charge on any atom is -0.493 e. The van der Waals surface area contributed by atoms with Gasteiger partial charge in [-0.15, -0.1) is 4.57 Å². The van der Waals surface area contributed by atoms with Gasteiger partial charge in [-0.25, -0.2) is 9.59 Å². The summed E-state index contributed by atoms with van der Waals surface area (Å²) in [5.74, 6) is 0.641. The van der Waals surface area contributed by atoms with Crippen LogP contribution in [-0.4, -0.2) is 16.2 Å². The second-order valence-electron chi connectivity index (χ2n) is 5.83. The zero-order valence-corrected chi connectivity index (χ0v) is 13.1. The molecule has 3 aromatic rings. The van der Waals surface area contributed by atoms with E-state index in [1.54, 1.807) is 24.3 Å². The Balaban J connectivity index is 1.62. The number of aromatic nitrogens is 2. The molecule has 8 nitrogen and oxygen atoms in total. The number of aryl methyl sites for hydroxylation is 1. The first-order valence-corrected chi connectivity index (χ1v) is 7.84. The van der Waals surface area contributed by atoms with Gasteiger partial charge in [0.25, 0.3) is 0 Å². The minimum atomic E-state index is -1.07. The number of hydrogen-bond acceptors (Lipinski definition) is 7. The summed E-state index contributed by atoms with van der Waals surface area (Å²) in [6.07, 6.45) is 2.42. The second kappa shape index (κ2) is 5.94. The van der Waals surface area contributed by atoms with Gasteiger partial charge in [-0.05, 0) is 43.5 Å². The predicted molar refractivity (Wildman–Crippen MR) is 84.6 cm³/mol. The number of rotatable bonds is 3. The van der Waals surface area contributed by atoms with Gasteiger partial charge in [0.05, 0.1) is 29.6 Å². The molecular formula is C17H13N3O5. The van der Waals surface area contributed by atoms with Gasteiger partial charge >= 0.3 is 17.1 Å². The summed E-state index contributed by atoms with van der Waals surface area (Å²) in [7, 11) is 0. The van der Waals surface area contributed by atoms with Crippen molar-refractivity contribution in [1.29, 1.82) is 5.26 Å². The predicted octanol–water partition coefficient (Wildman–Crippen LogP) is 1.61. The molecule has 0 bridgehead atoms. The van der Waals surface area contributed by atoms with E-state index >= 15 is 0 Å². The van der Waals surface area contributed by atoms with Gasteiger partial charge in [0.1, 0.15) is 5.75 Å². The van der Waals surface area contributed by atoms with Crippen LogP contribution in [0.4, 0.5) is 0 Å². The number of benzene rings is 1. The molecule has 1 aliphatic carbocycles. The molecule has 0 radical (unpaired) electrons. The molecule has 0 saturated carbocycles. The number of nitrogens with zero attached hydrogens (tertiary/aromatic N) is 3. The zero-order valence-electron chi connectivity index (χ0n) is 13.1. The fourth-order valence-electron chi connectivity index (χ4n) is 3.03. The minimum absolute atomic E-state index is 0.00472. The Morgan fingerprint density at radius 2 is 2.08 bits per heavy atom. The molecule has 0 N–H and O–H groups in total. The van der Waals surface area contributed by atoms with Gasteiger partial charge in [0, 0.05) is 5.92 Å². The highest BCUT2D eigenvalue weighted by Crippen LogP contribution is 2.32. The molecule has 0 spiro atoms. The van der Waals surface area contributed by atoms with Crippen LogP contribution in [0.2, 0.25) is 0 Å². The van der Waals surface area contributed by atoms with E-state index in [0.717, 1.165) is 24.2 Å². The molecular weight excluding hydrogens is 326 g/mol. The third-order valence-corrected chi connectivity index (χ3v) is 4.24. The summed E-state index contributed by atoms with van der Waals surface area (Å²) >= 11 is 0. The average molecular weight is 339 g/mol. The molecule has 1 aromatic carbocycles. The summed E-state index contributed by atoms with van der Waals surface area (Å²) in [6.45, 7) is 0.386. The lowest BCUT2D eigenvalue weighted by Crippen LogP contribution is -2.24. The fourth-order valence-corrected chi connectivity index (χ4v) is 3.03. The lowest BCUT2D eigenvalue weighted by atomic mass is 9.90. The molecule has 2 aromatic heterocycles. The third-order valence-electron chi connectivity index (χ3n) is 4.24. The maximum absolute atomic E-state index is 11.4. The first-order valence-electron chi connectivity index (χ1n) is 7.84. The smallest absolute Gasteiger partial charge is 0.442 e. The summed E-state index contributed by atoms with van der Waals surface area (Å²) in [6, 6.07) is 8.92. The van der Waals surface area contributed by atoms with Gasteiger partial charge in [-0.2, -0.15) is 10.2 Å². The van der Waals surface area contributed by atoms with Crippen LogP contribution in [0.1, 0.15) is 35.7 Å². The highest BCUT2D eigenvalue weighted by molar-refractivity contribution is 5.35. The molecule has 0 amide bonds. The summed E-state index contributed by atoms with van der Waals surface area (Å²) < 4.78 is 16.9. The number of nitriles is 1. The lowest BCUT2D eigenvalue weighted by molar-refractivity contribution is 0.256. The highest BCUT2D eigenvalue weighted by atomic mass is 16.6. The maximum Gasteiger partial charge on any atom is 0.442 e. The lowest BCUT2D eigenvalue weighted by Gasteiger charge is -2.21. The molecule has 1 unspecified atom stereocenters. The first kappa shape index (κ1) is 15.2. The molecule has 4 rings (SSSR count). The van der Waals surface area contributed by atoms with Crippen LogP contribution < -0.4 is 16.0 Å². The van der Waals surface area contributed by atoms with Crippen molar-refractivity contribution >= 4 is 5.84 Å². The molecule has 2 heterocycles. The SMILES string of the molecule is N#Cc1ccc(OCC2CCCc3c2nc2oc(=O)c(=O)on32)cc1. The topological polar surface area (TPSA) is 111 Å². The Morgan fingerprint density at radius 1 is 1.28 bits per heavy atom. The first-order chi connectivity index (χ1) is 12.2. The quantitative estimate of drug-likeness (QED) is 0.666. The largest absolute Gasteiger partial charge is 0.493 e. The van der Waals surface area contributed by atoms with Crippen LogP contribution in [0, 0.1) is 11.3 Å². The van der Waals surface area contributed by atoms with Gasteiger partial charge in [-0.3, -0.25) is 0 Å². The van der Waals surface area contributed by atoms with Crippen molar-refractivity contribution in [3.63, 3.8) is 0 Å². The van der Waals surface area contributed by atoms with Crippen LogP contribution in [0.3, 0.4) is 0 Å². The third kappa shape index (κ3) is 2.70. The van der Waals surface area contributed by atoms with Crippen molar-refractivity contribution < 1.29 is 13.7 Å². The van der Waals surface area contributed by atoms with Crippen LogP contribution in [0.5, 0.6) is 5.75 Å². The Bertz CT molecular complexity index is 1080. The van der Waals surface area contributed by atoms with Gasteiger partial charge < -0.3 is 13.7 Å². The van der Waals surface area contributed by atoms with E-state index < -0.39 is 11.3 Å². The summed E-state index contributed by atoms with van der Waals surface area (Å²) in [5, 5.41) is 8.82. The Morgan fingerprint density at radius 3 is 2.84 bits per heavy atom. The van der Waals surface area contributed by atoms with Crippen molar-refractivity contribution in [3.8, 4) is 11.8 Å². The molecule has 25 heavy (non-hydrogen) atoms. The van der Waals surface area contributed by atoms with Crippen LogP contribution in [0.15, 0.2) is 42.8 Å². The van der Waals surface area contributed by atoms with Crippen molar-refractivity contribution in [3.05, 3.63) is 62.1 Å². The van der Waals surface area contributed by atoms with Gasteiger partial charge in [-0.1, -0.05) is 0 Å². The van der Waals surface area contributed by atoms with Gasteiger partial charge in [0.2, 0.25) is 0 Å².